The van der Waals surface area contributed by atoms with Gasteiger partial charge in [0.05, 0.1) is 10.0 Å². The van der Waals surface area contributed by atoms with Crippen molar-refractivity contribution in [2.45, 2.75) is 0 Å². The maximum Gasteiger partial charge on any atom is 0.231 e. The van der Waals surface area contributed by atoms with Crippen LogP contribution in [0.3, 0.4) is 0 Å². The second-order valence-corrected chi connectivity index (χ2v) is 4.35. The summed E-state index contributed by atoms with van der Waals surface area (Å²) in [5.74, 6) is 0. The molecule has 0 atom stereocenters. The molecule has 0 spiro atoms. The molecule has 0 bridgehead atoms. The minimum Gasteiger partial charge on any atom is -1.00 e. The molecule has 1 heterocycles. The molecule has 2 nitrogen and oxygen atoms in total. The van der Waals surface area contributed by atoms with Crippen LogP contribution >= 0.6 is 23.2 Å². The topological polar surface area (TPSA) is 27.0 Å². The lowest BCUT2D eigenvalue weighted by Crippen LogP contribution is -3.00. The minimum atomic E-state index is 0. The first kappa shape index (κ1) is 12.4. The van der Waals surface area contributed by atoms with E-state index in [0.717, 1.165) is 22.1 Å². The third kappa shape index (κ3) is 2.16. The van der Waals surface area contributed by atoms with Gasteiger partial charge in [-0.2, -0.15) is 0 Å². The van der Waals surface area contributed by atoms with Crippen molar-refractivity contribution in [2.75, 3.05) is 0 Å². The Morgan fingerprint density at radius 2 is 1.59 bits per heavy atom. The third-order valence-corrected chi connectivity index (χ3v) is 3.18. The molecule has 2 aromatic carbocycles. The van der Waals surface area contributed by atoms with Gasteiger partial charge in [-0.15, -0.1) is 0 Å². The number of hydrogen-bond acceptors (Lipinski definition) is 1. The number of aromatic nitrogens is 2. The van der Waals surface area contributed by atoms with E-state index in [4.69, 9.17) is 23.2 Å². The monoisotopic (exact) mass is 284 g/mol. The molecule has 0 unspecified atom stereocenters. The van der Waals surface area contributed by atoms with E-state index in [1.165, 1.54) is 0 Å². The van der Waals surface area contributed by atoms with Crippen molar-refractivity contribution in [1.82, 2.24) is 4.98 Å². The molecule has 0 saturated carbocycles. The summed E-state index contributed by atoms with van der Waals surface area (Å²) >= 11 is 11.9. The number of benzene rings is 2. The van der Waals surface area contributed by atoms with Crippen molar-refractivity contribution in [1.29, 1.82) is 0 Å². The fourth-order valence-corrected chi connectivity index (χ4v) is 2.00. The first-order valence-electron chi connectivity index (χ1n) is 4.81. The van der Waals surface area contributed by atoms with Gasteiger partial charge in [-0.05, 0) is 12.1 Å². The van der Waals surface area contributed by atoms with Crippen molar-refractivity contribution in [3.8, 4) is 0 Å². The molecule has 1 N–H and O–H groups in total. The van der Waals surface area contributed by atoms with Crippen LogP contribution in [0.2, 0.25) is 10.0 Å². The second-order valence-electron chi connectivity index (χ2n) is 3.54. The molecule has 86 valence electrons. The number of rotatable bonds is 0. The zero-order valence-corrected chi connectivity index (χ0v) is 10.8. The van der Waals surface area contributed by atoms with Crippen LogP contribution in [0, 0.1) is 0 Å². The first-order valence-corrected chi connectivity index (χ1v) is 5.56. The van der Waals surface area contributed by atoms with Gasteiger partial charge in [0.1, 0.15) is 11.0 Å². The standard InChI is InChI=1S/C12H6Cl2N2.ClH/c13-7-5-11-12(6-8(7)14)16-10-4-2-1-3-9(10)15-11;/h1-6H;1H. The number of aromatic amines is 1. The van der Waals surface area contributed by atoms with Crippen LogP contribution < -0.4 is 17.4 Å². The highest BCUT2D eigenvalue weighted by Gasteiger charge is 2.09. The average Bonchev–Trinajstić information content (AvgIpc) is 2.28. The maximum atomic E-state index is 5.96. The largest absolute Gasteiger partial charge is 1.00 e. The number of halogens is 3. The fraction of sp³-hybridized carbons (Fsp3) is 0. The Balaban J connectivity index is 0.00000108. The average molecular weight is 286 g/mol. The van der Waals surface area contributed by atoms with Crippen molar-refractivity contribution in [3.63, 3.8) is 0 Å². The van der Waals surface area contributed by atoms with E-state index >= 15 is 0 Å². The second kappa shape index (κ2) is 4.65. The van der Waals surface area contributed by atoms with Crippen LogP contribution in [-0.2, 0) is 0 Å². The maximum absolute atomic E-state index is 5.96. The van der Waals surface area contributed by atoms with Gasteiger partial charge in [-0.25, -0.2) is 9.97 Å². The van der Waals surface area contributed by atoms with Gasteiger partial charge < -0.3 is 12.4 Å². The molecule has 1 aromatic heterocycles. The van der Waals surface area contributed by atoms with Gasteiger partial charge in [0.2, 0.25) is 11.0 Å². The molecule has 0 amide bonds. The summed E-state index contributed by atoms with van der Waals surface area (Å²) in [6.07, 6.45) is 0. The highest BCUT2D eigenvalue weighted by molar-refractivity contribution is 6.42. The van der Waals surface area contributed by atoms with E-state index < -0.39 is 0 Å². The van der Waals surface area contributed by atoms with Crippen molar-refractivity contribution < 1.29 is 17.4 Å². The van der Waals surface area contributed by atoms with E-state index in [1.807, 2.05) is 24.3 Å². The molecule has 3 rings (SSSR count). The lowest BCUT2D eigenvalue weighted by Gasteiger charge is -1.97. The van der Waals surface area contributed by atoms with Crippen molar-refractivity contribution in [3.05, 3.63) is 46.4 Å². The van der Waals surface area contributed by atoms with E-state index in [2.05, 4.69) is 9.97 Å². The predicted octanol–water partition coefficient (Wildman–Crippen LogP) is 0.513. The van der Waals surface area contributed by atoms with Gasteiger partial charge in [-0.1, -0.05) is 35.3 Å². The number of para-hydroxylation sites is 2. The Labute approximate surface area is 114 Å². The highest BCUT2D eigenvalue weighted by atomic mass is 35.5. The zero-order chi connectivity index (χ0) is 11.1. The Morgan fingerprint density at radius 1 is 0.882 bits per heavy atom. The smallest absolute Gasteiger partial charge is 0.231 e. The summed E-state index contributed by atoms with van der Waals surface area (Å²) in [6, 6.07) is 11.4. The summed E-state index contributed by atoms with van der Waals surface area (Å²) in [5, 5.41) is 1.05. The summed E-state index contributed by atoms with van der Waals surface area (Å²) in [5.41, 5.74) is 3.59. The van der Waals surface area contributed by atoms with E-state index in [0.29, 0.717) is 10.0 Å². The summed E-state index contributed by atoms with van der Waals surface area (Å²) in [6.45, 7) is 0. The summed E-state index contributed by atoms with van der Waals surface area (Å²) in [7, 11) is 0. The van der Waals surface area contributed by atoms with Crippen LogP contribution in [0.5, 0.6) is 0 Å². The van der Waals surface area contributed by atoms with Crippen molar-refractivity contribution >= 4 is 45.3 Å². The molecule has 0 saturated heterocycles. The normalized spacial score (nSPS) is 10.5. The number of hydrogen-bond donors (Lipinski definition) is 0. The SMILES string of the molecule is Clc1cc2nc3ccccc3[nH+]c2cc1Cl.[Cl-]. The van der Waals surface area contributed by atoms with Crippen LogP contribution in [0.25, 0.3) is 22.1 Å². The van der Waals surface area contributed by atoms with Crippen LogP contribution in [0.1, 0.15) is 0 Å². The minimum absolute atomic E-state index is 0. The van der Waals surface area contributed by atoms with Gasteiger partial charge in [0.25, 0.3) is 0 Å². The quantitative estimate of drug-likeness (QED) is 0.553. The fourth-order valence-electron chi connectivity index (χ4n) is 1.68. The van der Waals surface area contributed by atoms with E-state index in [9.17, 15) is 0 Å². The highest BCUT2D eigenvalue weighted by Crippen LogP contribution is 2.25. The van der Waals surface area contributed by atoms with Gasteiger partial charge in [0.15, 0.2) is 0 Å². The van der Waals surface area contributed by atoms with Crippen LogP contribution in [0.15, 0.2) is 36.4 Å². The molecule has 0 aliphatic carbocycles. The Bertz CT molecular complexity index is 638. The predicted molar refractivity (Wildman–Crippen MR) is 65.8 cm³/mol. The third-order valence-electron chi connectivity index (χ3n) is 2.45. The lowest BCUT2D eigenvalue weighted by molar-refractivity contribution is -0.310. The molecule has 0 aliphatic heterocycles. The molecule has 0 fully saturated rings. The number of nitrogens with one attached hydrogen (secondary N) is 1. The Hall–Kier alpha value is -1.09. The number of fused-ring (bicyclic) bond motifs is 2. The molecule has 0 radical (unpaired) electrons. The number of H-pyrrole nitrogens is 1. The van der Waals surface area contributed by atoms with Crippen LogP contribution in [-0.4, -0.2) is 4.98 Å². The lowest BCUT2D eigenvalue weighted by atomic mass is 10.2. The van der Waals surface area contributed by atoms with Crippen molar-refractivity contribution in [2.24, 2.45) is 0 Å². The molecular weight excluding hydrogens is 279 g/mol. The molecule has 3 aromatic rings. The Kier molecular flexibility index (Phi) is 3.38. The summed E-state index contributed by atoms with van der Waals surface area (Å²) in [4.78, 5) is 7.78. The molecular formula is C12H7Cl3N2. The number of nitrogens with zero attached hydrogens (tertiary/aromatic N) is 1. The zero-order valence-electron chi connectivity index (χ0n) is 8.55. The van der Waals surface area contributed by atoms with Gasteiger partial charge in [-0.3, -0.25) is 0 Å². The van der Waals surface area contributed by atoms with E-state index in [1.54, 1.807) is 12.1 Å². The Morgan fingerprint density at radius 3 is 2.41 bits per heavy atom. The van der Waals surface area contributed by atoms with Gasteiger partial charge >= 0.3 is 0 Å². The molecule has 5 heteroatoms. The van der Waals surface area contributed by atoms with Gasteiger partial charge in [0, 0.05) is 12.1 Å². The summed E-state index contributed by atoms with van der Waals surface area (Å²) < 4.78 is 0. The van der Waals surface area contributed by atoms with Crippen LogP contribution in [0.4, 0.5) is 0 Å². The first-order chi connectivity index (χ1) is 7.74. The molecule has 0 aliphatic rings. The molecule has 17 heavy (non-hydrogen) atoms. The van der Waals surface area contributed by atoms with E-state index in [-0.39, 0.29) is 12.4 Å².